The lowest BCUT2D eigenvalue weighted by Gasteiger charge is -2.27. The van der Waals surface area contributed by atoms with Gasteiger partial charge in [-0.3, -0.25) is 0 Å². The van der Waals surface area contributed by atoms with Crippen LogP contribution in [0.2, 0.25) is 0 Å². The first kappa shape index (κ1) is 7.79. The largest absolute Gasteiger partial charge is 0.328 e. The highest BCUT2D eigenvalue weighted by molar-refractivity contribution is 5.94. The smallest absolute Gasteiger partial charge is 0.320 e. The molecule has 0 saturated heterocycles. The first-order valence-electron chi connectivity index (χ1n) is 4.59. The third-order valence-electron chi connectivity index (χ3n) is 2.87. The summed E-state index contributed by atoms with van der Waals surface area (Å²) in [4.78, 5) is 11.2. The SMILES string of the molecule is O=C1Nc2c(F)cccc2C2(CC2)N1. The lowest BCUT2D eigenvalue weighted by Crippen LogP contribution is -2.43. The molecule has 1 aliphatic carbocycles. The van der Waals surface area contributed by atoms with E-state index < -0.39 is 0 Å². The number of nitrogens with one attached hydrogen (secondary N) is 2. The zero-order chi connectivity index (χ0) is 9.76. The summed E-state index contributed by atoms with van der Waals surface area (Å²) in [5, 5.41) is 5.33. The highest BCUT2D eigenvalue weighted by Crippen LogP contribution is 2.50. The van der Waals surface area contributed by atoms with Crippen LogP contribution in [0.4, 0.5) is 14.9 Å². The number of halogens is 1. The maximum atomic E-state index is 13.4. The van der Waals surface area contributed by atoms with Crippen LogP contribution in [0.15, 0.2) is 18.2 Å². The van der Waals surface area contributed by atoms with Crippen LogP contribution in [-0.2, 0) is 5.54 Å². The molecule has 1 aromatic rings. The Hall–Kier alpha value is -1.58. The third kappa shape index (κ3) is 0.880. The molecule has 1 aromatic carbocycles. The van der Waals surface area contributed by atoms with Crippen molar-refractivity contribution in [3.8, 4) is 0 Å². The number of rotatable bonds is 0. The molecule has 2 amide bonds. The Morgan fingerprint density at radius 2 is 2.14 bits per heavy atom. The molecule has 1 heterocycles. The van der Waals surface area contributed by atoms with Crippen LogP contribution >= 0.6 is 0 Å². The van der Waals surface area contributed by atoms with Gasteiger partial charge in [0.1, 0.15) is 5.82 Å². The Labute approximate surface area is 80.3 Å². The molecule has 2 aliphatic rings. The monoisotopic (exact) mass is 192 g/mol. The molecule has 0 bridgehead atoms. The molecule has 1 fully saturated rings. The van der Waals surface area contributed by atoms with Crippen molar-refractivity contribution in [2.75, 3.05) is 5.32 Å². The minimum Gasteiger partial charge on any atom is -0.328 e. The number of amides is 2. The highest BCUT2D eigenvalue weighted by Gasteiger charge is 2.50. The summed E-state index contributed by atoms with van der Waals surface area (Å²) in [6.45, 7) is 0. The zero-order valence-electron chi connectivity index (χ0n) is 7.43. The van der Waals surface area contributed by atoms with E-state index in [-0.39, 0.29) is 17.4 Å². The number of fused-ring (bicyclic) bond motifs is 2. The normalized spacial score (nSPS) is 21.1. The maximum absolute atomic E-state index is 13.4. The summed E-state index contributed by atoms with van der Waals surface area (Å²) >= 11 is 0. The molecule has 72 valence electrons. The summed E-state index contributed by atoms with van der Waals surface area (Å²) in [6.07, 6.45) is 1.80. The minimum absolute atomic E-state index is 0.278. The van der Waals surface area contributed by atoms with Crippen LogP contribution in [0.3, 0.4) is 0 Å². The van der Waals surface area contributed by atoms with E-state index in [2.05, 4.69) is 10.6 Å². The van der Waals surface area contributed by atoms with Gasteiger partial charge in [-0.15, -0.1) is 0 Å². The van der Waals surface area contributed by atoms with Crippen molar-refractivity contribution in [1.82, 2.24) is 5.32 Å². The van der Waals surface area contributed by atoms with Gasteiger partial charge in [0, 0.05) is 5.56 Å². The Morgan fingerprint density at radius 1 is 1.36 bits per heavy atom. The maximum Gasteiger partial charge on any atom is 0.320 e. The van der Waals surface area contributed by atoms with Crippen molar-refractivity contribution in [2.24, 2.45) is 0 Å². The number of urea groups is 1. The first-order chi connectivity index (χ1) is 6.71. The quantitative estimate of drug-likeness (QED) is 0.648. The van der Waals surface area contributed by atoms with Gasteiger partial charge in [-0.25, -0.2) is 9.18 Å². The lowest BCUT2D eigenvalue weighted by molar-refractivity contribution is 0.245. The molecule has 3 nitrogen and oxygen atoms in total. The van der Waals surface area contributed by atoms with Crippen molar-refractivity contribution >= 4 is 11.7 Å². The molecule has 3 rings (SSSR count). The van der Waals surface area contributed by atoms with Crippen LogP contribution in [0.25, 0.3) is 0 Å². The van der Waals surface area contributed by atoms with Crippen molar-refractivity contribution in [1.29, 1.82) is 0 Å². The third-order valence-corrected chi connectivity index (χ3v) is 2.87. The number of hydrogen-bond acceptors (Lipinski definition) is 1. The average Bonchev–Trinajstić information content (AvgIpc) is 2.88. The van der Waals surface area contributed by atoms with E-state index in [0.29, 0.717) is 5.69 Å². The predicted molar refractivity (Wildman–Crippen MR) is 49.5 cm³/mol. The molecule has 4 heteroatoms. The van der Waals surface area contributed by atoms with Gasteiger partial charge in [0.05, 0.1) is 11.2 Å². The molecule has 1 aliphatic heterocycles. The summed E-state index contributed by atoms with van der Waals surface area (Å²) in [5.41, 5.74) is 0.936. The second-order valence-corrected chi connectivity index (χ2v) is 3.82. The Kier molecular flexibility index (Phi) is 1.26. The van der Waals surface area contributed by atoms with Gasteiger partial charge in [-0.1, -0.05) is 12.1 Å². The van der Waals surface area contributed by atoms with Crippen LogP contribution in [0, 0.1) is 5.82 Å². The van der Waals surface area contributed by atoms with Gasteiger partial charge in [0.15, 0.2) is 0 Å². The van der Waals surface area contributed by atoms with E-state index in [1.165, 1.54) is 6.07 Å². The summed E-state index contributed by atoms with van der Waals surface area (Å²) < 4.78 is 13.4. The van der Waals surface area contributed by atoms with Gasteiger partial charge in [-0.2, -0.15) is 0 Å². The van der Waals surface area contributed by atoms with Crippen LogP contribution in [-0.4, -0.2) is 6.03 Å². The van der Waals surface area contributed by atoms with Gasteiger partial charge in [0.2, 0.25) is 0 Å². The van der Waals surface area contributed by atoms with E-state index in [9.17, 15) is 9.18 Å². The number of carbonyl (C=O) groups is 1. The second kappa shape index (κ2) is 2.26. The molecule has 0 atom stereocenters. The van der Waals surface area contributed by atoms with E-state index in [1.54, 1.807) is 6.07 Å². The van der Waals surface area contributed by atoms with Crippen molar-refractivity contribution in [3.63, 3.8) is 0 Å². The van der Waals surface area contributed by atoms with Crippen LogP contribution < -0.4 is 10.6 Å². The van der Waals surface area contributed by atoms with Crippen LogP contribution in [0.5, 0.6) is 0 Å². The van der Waals surface area contributed by atoms with E-state index in [4.69, 9.17) is 0 Å². The molecule has 1 saturated carbocycles. The molecular formula is C10H9FN2O. The Morgan fingerprint density at radius 3 is 2.86 bits per heavy atom. The summed E-state index contributed by atoms with van der Waals surface area (Å²) in [5.74, 6) is -0.358. The van der Waals surface area contributed by atoms with E-state index in [1.807, 2.05) is 6.07 Å². The summed E-state index contributed by atoms with van der Waals surface area (Å²) in [6, 6.07) is 4.59. The topological polar surface area (TPSA) is 41.1 Å². The number of para-hydroxylation sites is 1. The van der Waals surface area contributed by atoms with Gasteiger partial charge in [0.25, 0.3) is 0 Å². The zero-order valence-corrected chi connectivity index (χ0v) is 7.43. The fraction of sp³-hybridized carbons (Fsp3) is 0.300. The fourth-order valence-electron chi connectivity index (χ4n) is 2.00. The first-order valence-corrected chi connectivity index (χ1v) is 4.59. The number of benzene rings is 1. The molecule has 2 N–H and O–H groups in total. The van der Waals surface area contributed by atoms with Gasteiger partial charge < -0.3 is 10.6 Å². The van der Waals surface area contributed by atoms with E-state index >= 15 is 0 Å². The standard InChI is InChI=1S/C10H9FN2O/c11-7-3-1-2-6-8(7)12-9(14)13-10(6)4-5-10/h1-3H,4-5H2,(H2,12,13,14). The Balaban J connectivity index is 2.21. The fourth-order valence-corrected chi connectivity index (χ4v) is 2.00. The molecule has 14 heavy (non-hydrogen) atoms. The molecule has 0 radical (unpaired) electrons. The number of anilines is 1. The van der Waals surface area contributed by atoms with Crippen molar-refractivity contribution in [2.45, 2.75) is 18.4 Å². The second-order valence-electron chi connectivity index (χ2n) is 3.82. The van der Waals surface area contributed by atoms with Crippen LogP contribution in [0.1, 0.15) is 18.4 Å². The minimum atomic E-state index is -0.358. The predicted octanol–water partition coefficient (Wildman–Crippen LogP) is 1.95. The van der Waals surface area contributed by atoms with E-state index in [0.717, 1.165) is 18.4 Å². The molecule has 0 aromatic heterocycles. The lowest BCUT2D eigenvalue weighted by atomic mass is 10.0. The number of carbonyl (C=O) groups excluding carboxylic acids is 1. The van der Waals surface area contributed by atoms with Crippen molar-refractivity contribution in [3.05, 3.63) is 29.6 Å². The molecule has 1 spiro atoms. The van der Waals surface area contributed by atoms with Gasteiger partial charge >= 0.3 is 6.03 Å². The average molecular weight is 192 g/mol. The summed E-state index contributed by atoms with van der Waals surface area (Å²) in [7, 11) is 0. The highest BCUT2D eigenvalue weighted by atomic mass is 19.1. The molecule has 0 unspecified atom stereocenters. The van der Waals surface area contributed by atoms with Gasteiger partial charge in [-0.05, 0) is 18.9 Å². The van der Waals surface area contributed by atoms with Crippen molar-refractivity contribution < 1.29 is 9.18 Å². The number of hydrogen-bond donors (Lipinski definition) is 2. The Bertz CT molecular complexity index is 426. The molecular weight excluding hydrogens is 183 g/mol.